The zero-order valence-corrected chi connectivity index (χ0v) is 10.9. The van der Waals surface area contributed by atoms with E-state index in [1.165, 1.54) is 22.3 Å². The summed E-state index contributed by atoms with van der Waals surface area (Å²) in [5.41, 5.74) is 4.88. The Morgan fingerprint density at radius 1 is 1.00 bits per heavy atom. The highest BCUT2D eigenvalue weighted by molar-refractivity contribution is 5.82. The van der Waals surface area contributed by atoms with E-state index in [0.717, 1.165) is 0 Å². The van der Waals surface area contributed by atoms with Crippen molar-refractivity contribution in [1.82, 2.24) is 0 Å². The van der Waals surface area contributed by atoms with Gasteiger partial charge in [-0.3, -0.25) is 0 Å². The molecular weight excluding hydrogens is 220 g/mol. The minimum absolute atomic E-state index is 0.623. The van der Waals surface area contributed by atoms with Crippen molar-refractivity contribution in [2.45, 2.75) is 6.92 Å². The summed E-state index contributed by atoms with van der Waals surface area (Å²) in [4.78, 5) is 0. The number of hydrogen-bond donors (Lipinski definition) is 0. The van der Waals surface area contributed by atoms with Gasteiger partial charge in [-0.15, -0.1) is 0 Å². The molecule has 0 spiro atoms. The van der Waals surface area contributed by atoms with Crippen LogP contribution in [0.4, 0.5) is 0 Å². The van der Waals surface area contributed by atoms with E-state index in [0.29, 0.717) is 6.61 Å². The summed E-state index contributed by atoms with van der Waals surface area (Å²) in [5, 5.41) is 0. The van der Waals surface area contributed by atoms with Crippen LogP contribution in [0.1, 0.15) is 16.7 Å². The van der Waals surface area contributed by atoms with Gasteiger partial charge >= 0.3 is 0 Å². The first kappa shape index (κ1) is 12.6. The largest absolute Gasteiger partial charge is 0.380 e. The van der Waals surface area contributed by atoms with Gasteiger partial charge in [-0.1, -0.05) is 60.2 Å². The van der Waals surface area contributed by atoms with Crippen LogP contribution in [-0.2, 0) is 4.74 Å². The molecule has 0 aliphatic rings. The molecule has 0 aromatic heterocycles. The van der Waals surface area contributed by atoms with Crippen molar-refractivity contribution >= 4 is 11.6 Å². The van der Waals surface area contributed by atoms with E-state index in [1.54, 1.807) is 7.11 Å². The predicted octanol–water partition coefficient (Wildman–Crippen LogP) is 4.18. The van der Waals surface area contributed by atoms with Crippen molar-refractivity contribution in [3.63, 3.8) is 0 Å². The van der Waals surface area contributed by atoms with E-state index >= 15 is 0 Å². The Kier molecular flexibility index (Phi) is 4.32. The zero-order chi connectivity index (χ0) is 12.8. The summed E-state index contributed by atoms with van der Waals surface area (Å²) >= 11 is 0. The van der Waals surface area contributed by atoms with Crippen LogP contribution in [-0.4, -0.2) is 13.7 Å². The number of hydrogen-bond acceptors (Lipinski definition) is 1. The van der Waals surface area contributed by atoms with E-state index in [9.17, 15) is 0 Å². The van der Waals surface area contributed by atoms with Crippen LogP contribution in [0.2, 0.25) is 0 Å². The Morgan fingerprint density at radius 2 is 1.67 bits per heavy atom. The first-order chi connectivity index (χ1) is 8.79. The topological polar surface area (TPSA) is 9.23 Å². The highest BCUT2D eigenvalue weighted by Gasteiger charge is 2.01. The van der Waals surface area contributed by atoms with E-state index in [2.05, 4.69) is 49.4 Å². The molecule has 2 aromatic rings. The molecule has 1 heteroatoms. The van der Waals surface area contributed by atoms with Gasteiger partial charge in [-0.05, 0) is 29.7 Å². The predicted molar refractivity (Wildman–Crippen MR) is 77.4 cm³/mol. The molecule has 0 aliphatic heterocycles. The van der Waals surface area contributed by atoms with E-state index in [1.807, 2.05) is 18.2 Å². The van der Waals surface area contributed by atoms with Crippen LogP contribution in [0.5, 0.6) is 0 Å². The lowest BCUT2D eigenvalue weighted by atomic mass is 10.0. The van der Waals surface area contributed by atoms with Crippen molar-refractivity contribution in [3.8, 4) is 0 Å². The van der Waals surface area contributed by atoms with Crippen LogP contribution >= 0.6 is 0 Å². The molecule has 0 radical (unpaired) electrons. The van der Waals surface area contributed by atoms with Gasteiger partial charge in [0.1, 0.15) is 0 Å². The number of benzene rings is 2. The molecule has 0 atom stereocenters. The fourth-order valence-corrected chi connectivity index (χ4v) is 1.88. The van der Waals surface area contributed by atoms with E-state index in [4.69, 9.17) is 4.74 Å². The molecule has 0 bridgehead atoms. The Balaban J connectivity index is 2.33. The molecule has 0 fully saturated rings. The third-order valence-electron chi connectivity index (χ3n) is 2.86. The molecular formula is C17H18O. The average Bonchev–Trinajstić information content (AvgIpc) is 2.40. The molecule has 2 aromatic carbocycles. The van der Waals surface area contributed by atoms with Gasteiger partial charge in [0.15, 0.2) is 0 Å². The molecule has 0 unspecified atom stereocenters. The van der Waals surface area contributed by atoms with Gasteiger partial charge in [-0.2, -0.15) is 0 Å². The number of ether oxygens (including phenoxy) is 1. The van der Waals surface area contributed by atoms with Gasteiger partial charge in [0.25, 0.3) is 0 Å². The summed E-state index contributed by atoms with van der Waals surface area (Å²) in [6.45, 7) is 2.72. The molecule has 0 N–H and O–H groups in total. The van der Waals surface area contributed by atoms with Crippen molar-refractivity contribution in [2.75, 3.05) is 13.7 Å². The second-order valence-electron chi connectivity index (χ2n) is 4.38. The molecule has 2 rings (SSSR count). The van der Waals surface area contributed by atoms with Gasteiger partial charge < -0.3 is 4.74 Å². The summed E-state index contributed by atoms with van der Waals surface area (Å²) < 4.78 is 5.29. The van der Waals surface area contributed by atoms with Crippen molar-refractivity contribution < 1.29 is 4.74 Å². The third-order valence-corrected chi connectivity index (χ3v) is 2.86. The Labute approximate surface area is 109 Å². The zero-order valence-electron chi connectivity index (χ0n) is 10.9. The smallest absolute Gasteiger partial charge is 0.0719 e. The second-order valence-corrected chi connectivity index (χ2v) is 4.38. The second kappa shape index (κ2) is 6.18. The summed E-state index contributed by atoms with van der Waals surface area (Å²) in [7, 11) is 1.73. The number of rotatable bonds is 4. The SMILES string of the molecule is COC/C(=C/c1ccccc1)c1ccc(C)cc1. The van der Waals surface area contributed by atoms with Crippen LogP contribution in [0.15, 0.2) is 54.6 Å². The molecule has 0 aliphatic carbocycles. The van der Waals surface area contributed by atoms with Gasteiger partial charge in [0.05, 0.1) is 6.61 Å². The molecule has 0 saturated heterocycles. The summed E-state index contributed by atoms with van der Waals surface area (Å²) in [6.07, 6.45) is 2.17. The molecule has 0 saturated carbocycles. The van der Waals surface area contributed by atoms with Crippen LogP contribution in [0.3, 0.4) is 0 Å². The minimum Gasteiger partial charge on any atom is -0.380 e. The van der Waals surface area contributed by atoms with E-state index < -0.39 is 0 Å². The van der Waals surface area contributed by atoms with Gasteiger partial charge in [0, 0.05) is 7.11 Å². The monoisotopic (exact) mass is 238 g/mol. The minimum atomic E-state index is 0.623. The maximum absolute atomic E-state index is 5.29. The molecule has 0 amide bonds. The van der Waals surface area contributed by atoms with Crippen LogP contribution in [0.25, 0.3) is 11.6 Å². The van der Waals surface area contributed by atoms with Gasteiger partial charge in [-0.25, -0.2) is 0 Å². The van der Waals surface area contributed by atoms with Crippen LogP contribution in [0, 0.1) is 6.92 Å². The van der Waals surface area contributed by atoms with Gasteiger partial charge in [0.2, 0.25) is 0 Å². The third kappa shape index (κ3) is 3.31. The first-order valence-corrected chi connectivity index (χ1v) is 6.11. The maximum atomic E-state index is 5.29. The molecule has 1 nitrogen and oxygen atoms in total. The number of methoxy groups -OCH3 is 1. The Morgan fingerprint density at radius 3 is 2.28 bits per heavy atom. The molecule has 0 heterocycles. The summed E-state index contributed by atoms with van der Waals surface area (Å²) in [6, 6.07) is 18.9. The standard InChI is InChI=1S/C17H18O/c1-14-8-10-16(11-9-14)17(13-18-2)12-15-6-4-3-5-7-15/h3-12H,13H2,1-2H3/b17-12-. The van der Waals surface area contributed by atoms with Crippen molar-refractivity contribution in [3.05, 3.63) is 71.3 Å². The highest BCUT2D eigenvalue weighted by Crippen LogP contribution is 2.19. The lowest BCUT2D eigenvalue weighted by Gasteiger charge is -2.07. The Hall–Kier alpha value is -1.86. The fraction of sp³-hybridized carbons (Fsp3) is 0.176. The number of aryl methyl sites for hydroxylation is 1. The highest BCUT2D eigenvalue weighted by atomic mass is 16.5. The lowest BCUT2D eigenvalue weighted by molar-refractivity contribution is 0.240. The summed E-state index contributed by atoms with van der Waals surface area (Å²) in [5.74, 6) is 0. The quantitative estimate of drug-likeness (QED) is 0.726. The first-order valence-electron chi connectivity index (χ1n) is 6.11. The van der Waals surface area contributed by atoms with Crippen LogP contribution < -0.4 is 0 Å². The van der Waals surface area contributed by atoms with E-state index in [-0.39, 0.29) is 0 Å². The Bertz CT molecular complexity index is 509. The van der Waals surface area contributed by atoms with Crippen molar-refractivity contribution in [1.29, 1.82) is 0 Å². The molecule has 92 valence electrons. The maximum Gasteiger partial charge on any atom is 0.0719 e. The normalized spacial score (nSPS) is 11.6. The fourth-order valence-electron chi connectivity index (χ4n) is 1.88. The average molecular weight is 238 g/mol. The lowest BCUT2D eigenvalue weighted by Crippen LogP contribution is -1.94. The molecule has 18 heavy (non-hydrogen) atoms. The van der Waals surface area contributed by atoms with Crippen molar-refractivity contribution in [2.24, 2.45) is 0 Å².